The topological polar surface area (TPSA) is 155 Å². The Morgan fingerprint density at radius 2 is 1.68 bits per heavy atom. The van der Waals surface area contributed by atoms with Crippen molar-refractivity contribution in [3.05, 3.63) is 136 Å². The number of carbonyl (C=O) groups excluding carboxylic acids is 2. The number of hydrogen-bond acceptors (Lipinski definition) is 7. The SMILES string of the molecule is N[C@@H](Cc1ccccc1)C(=O)O.O=Cc1cc(COC(=O)c2ccc(C3=NCCc4c3[nH]c3ccccc43)cc2)ccc1O. The normalized spacial score (nSPS) is 12.7. The molecule has 0 amide bonds. The van der Waals surface area contributed by atoms with Gasteiger partial charge in [-0.1, -0.05) is 66.7 Å². The number of nitrogens with zero attached hydrogens (tertiary/aromatic N) is 1. The zero-order valence-electron chi connectivity index (χ0n) is 23.8. The molecule has 9 nitrogen and oxygen atoms in total. The van der Waals surface area contributed by atoms with Crippen LogP contribution in [-0.2, 0) is 29.0 Å². The van der Waals surface area contributed by atoms with E-state index in [4.69, 9.17) is 20.6 Å². The maximum atomic E-state index is 12.5. The summed E-state index contributed by atoms with van der Waals surface area (Å²) in [5.74, 6) is -1.53. The Hall–Kier alpha value is -5.54. The number of fused-ring (bicyclic) bond motifs is 3. The van der Waals surface area contributed by atoms with Gasteiger partial charge in [-0.25, -0.2) is 4.79 Å². The quantitative estimate of drug-likeness (QED) is 0.145. The van der Waals surface area contributed by atoms with Crippen molar-refractivity contribution >= 4 is 34.8 Å². The van der Waals surface area contributed by atoms with Crippen LogP contribution in [0.1, 0.15) is 48.7 Å². The van der Waals surface area contributed by atoms with Gasteiger partial charge >= 0.3 is 11.9 Å². The number of hydrogen-bond donors (Lipinski definition) is 4. The molecular formula is C35H31N3O6. The van der Waals surface area contributed by atoms with E-state index in [1.165, 1.54) is 23.1 Å². The largest absolute Gasteiger partial charge is 0.507 e. The molecule has 0 saturated carbocycles. The van der Waals surface area contributed by atoms with Crippen LogP contribution in [0.25, 0.3) is 10.9 Å². The highest BCUT2D eigenvalue weighted by Gasteiger charge is 2.21. The van der Waals surface area contributed by atoms with E-state index in [1.807, 2.05) is 54.6 Å². The molecule has 0 unspecified atom stereocenters. The van der Waals surface area contributed by atoms with Crippen LogP contribution in [0.3, 0.4) is 0 Å². The van der Waals surface area contributed by atoms with Gasteiger partial charge < -0.3 is 25.7 Å². The van der Waals surface area contributed by atoms with Gasteiger partial charge in [-0.2, -0.15) is 0 Å². The monoisotopic (exact) mass is 589 g/mol. The molecule has 1 aliphatic rings. The summed E-state index contributed by atoms with van der Waals surface area (Å²) in [4.78, 5) is 42.0. The number of phenolic OH excluding ortho intramolecular Hbond substituents is 1. The number of aromatic hydroxyl groups is 1. The number of carbonyl (C=O) groups is 3. The molecule has 1 atom stereocenters. The summed E-state index contributed by atoms with van der Waals surface area (Å²) in [5, 5.41) is 19.3. The summed E-state index contributed by atoms with van der Waals surface area (Å²) in [6, 6.07) is 28.5. The number of esters is 1. The molecule has 6 rings (SSSR count). The molecule has 0 fully saturated rings. The van der Waals surface area contributed by atoms with E-state index in [-0.39, 0.29) is 17.9 Å². The number of carboxylic acid groups (broad SMARTS) is 1. The van der Waals surface area contributed by atoms with Crippen molar-refractivity contribution in [1.29, 1.82) is 0 Å². The first-order chi connectivity index (χ1) is 21.3. The van der Waals surface area contributed by atoms with Gasteiger partial charge in [0.1, 0.15) is 18.4 Å². The highest BCUT2D eigenvalue weighted by Crippen LogP contribution is 2.28. The molecule has 0 spiro atoms. The summed E-state index contributed by atoms with van der Waals surface area (Å²) in [7, 11) is 0. The third-order valence-electron chi connectivity index (χ3n) is 7.28. The molecular weight excluding hydrogens is 558 g/mol. The van der Waals surface area contributed by atoms with Crippen molar-refractivity contribution in [3.63, 3.8) is 0 Å². The Morgan fingerprint density at radius 1 is 0.955 bits per heavy atom. The molecule has 0 saturated heterocycles. The second kappa shape index (κ2) is 13.6. The second-order valence-electron chi connectivity index (χ2n) is 10.3. The summed E-state index contributed by atoms with van der Waals surface area (Å²) in [6.45, 7) is 0.732. The molecule has 5 N–H and O–H groups in total. The number of carboxylic acids is 1. The van der Waals surface area contributed by atoms with Gasteiger partial charge in [-0.15, -0.1) is 0 Å². The summed E-state index contributed by atoms with van der Waals surface area (Å²) >= 11 is 0. The van der Waals surface area contributed by atoms with Crippen molar-refractivity contribution in [2.75, 3.05) is 6.54 Å². The smallest absolute Gasteiger partial charge is 0.338 e. The number of aldehydes is 1. The number of H-pyrrole nitrogens is 1. The molecule has 0 bridgehead atoms. The maximum Gasteiger partial charge on any atom is 0.338 e. The Kier molecular flexibility index (Phi) is 9.27. The number of aromatic amines is 1. The van der Waals surface area contributed by atoms with Gasteiger partial charge in [0, 0.05) is 23.0 Å². The Bertz CT molecular complexity index is 1830. The third-order valence-corrected chi connectivity index (χ3v) is 7.28. The van der Waals surface area contributed by atoms with Crippen LogP contribution in [0.15, 0.2) is 102 Å². The summed E-state index contributed by atoms with van der Waals surface area (Å²) < 4.78 is 5.36. The zero-order valence-corrected chi connectivity index (χ0v) is 23.8. The van der Waals surface area contributed by atoms with Crippen LogP contribution in [0.2, 0.25) is 0 Å². The van der Waals surface area contributed by atoms with Crippen LogP contribution in [0.5, 0.6) is 5.75 Å². The van der Waals surface area contributed by atoms with E-state index in [0.717, 1.165) is 41.0 Å². The van der Waals surface area contributed by atoms with Gasteiger partial charge in [0.05, 0.1) is 22.5 Å². The second-order valence-corrected chi connectivity index (χ2v) is 10.3. The van der Waals surface area contributed by atoms with E-state index < -0.39 is 18.0 Å². The first-order valence-corrected chi connectivity index (χ1v) is 14.1. The molecule has 9 heteroatoms. The third kappa shape index (κ3) is 6.91. The Balaban J connectivity index is 0.000000270. The standard InChI is InChI=1S/C26H20N2O4.C9H11NO2/c29-14-19-13-16(5-10-23(19)30)15-32-26(31)18-8-6-17(7-9-18)24-25-21(11-12-27-24)20-3-1-2-4-22(20)28-25;10-8(9(11)12)6-7-4-2-1-3-5-7/h1-10,13-14,28,30H,11-12,15H2;1-5,8H,6,10H2,(H,11,12)/t;8-/m.0/s1. The number of rotatable bonds is 8. The fourth-order valence-corrected chi connectivity index (χ4v) is 5.00. The minimum Gasteiger partial charge on any atom is -0.507 e. The fraction of sp³-hybridized carbons (Fsp3) is 0.143. The molecule has 5 aromatic rings. The minimum absolute atomic E-state index is 0.00678. The number of aliphatic carboxylic acids is 1. The van der Waals surface area contributed by atoms with Gasteiger partial charge in [0.2, 0.25) is 0 Å². The number of aliphatic imine (C=N–C) groups is 1. The number of nitrogens with one attached hydrogen (secondary N) is 1. The van der Waals surface area contributed by atoms with Crippen molar-refractivity contribution in [2.45, 2.75) is 25.5 Å². The van der Waals surface area contributed by atoms with Crippen LogP contribution in [0, 0.1) is 0 Å². The molecule has 4 aromatic carbocycles. The van der Waals surface area contributed by atoms with Gasteiger partial charge in [0.25, 0.3) is 0 Å². The minimum atomic E-state index is -0.959. The van der Waals surface area contributed by atoms with Gasteiger partial charge in [-0.05, 0) is 59.9 Å². The van der Waals surface area contributed by atoms with Crippen molar-refractivity contribution < 1.29 is 29.3 Å². The fourth-order valence-electron chi connectivity index (χ4n) is 5.00. The highest BCUT2D eigenvalue weighted by molar-refractivity contribution is 6.16. The van der Waals surface area contributed by atoms with E-state index in [0.29, 0.717) is 23.8 Å². The molecule has 2 heterocycles. The van der Waals surface area contributed by atoms with Crippen molar-refractivity contribution in [2.24, 2.45) is 10.7 Å². The van der Waals surface area contributed by atoms with Gasteiger partial charge in [0.15, 0.2) is 6.29 Å². The van der Waals surface area contributed by atoms with Crippen LogP contribution < -0.4 is 5.73 Å². The Morgan fingerprint density at radius 3 is 2.41 bits per heavy atom. The number of benzene rings is 4. The molecule has 0 aliphatic carbocycles. The first-order valence-electron chi connectivity index (χ1n) is 14.1. The molecule has 1 aliphatic heterocycles. The number of phenols is 1. The molecule has 0 radical (unpaired) electrons. The van der Waals surface area contributed by atoms with E-state index in [1.54, 1.807) is 18.2 Å². The lowest BCUT2D eigenvalue weighted by Gasteiger charge is -2.14. The van der Waals surface area contributed by atoms with E-state index >= 15 is 0 Å². The van der Waals surface area contributed by atoms with E-state index in [9.17, 15) is 19.5 Å². The number of para-hydroxylation sites is 1. The lowest BCUT2D eigenvalue weighted by molar-refractivity contribution is -0.138. The number of ether oxygens (including phenoxy) is 1. The predicted octanol–water partition coefficient (Wildman–Crippen LogP) is 5.08. The van der Waals surface area contributed by atoms with Crippen LogP contribution in [0.4, 0.5) is 0 Å². The Labute approximate surface area is 253 Å². The van der Waals surface area contributed by atoms with Crippen LogP contribution in [-0.4, -0.2) is 51.7 Å². The molecule has 1 aromatic heterocycles. The zero-order chi connectivity index (χ0) is 31.1. The van der Waals surface area contributed by atoms with Crippen molar-refractivity contribution in [3.8, 4) is 5.75 Å². The molecule has 222 valence electrons. The number of aromatic nitrogens is 1. The number of nitrogens with two attached hydrogens (primary N) is 1. The summed E-state index contributed by atoms with van der Waals surface area (Å²) in [6.07, 6.45) is 1.85. The maximum absolute atomic E-state index is 12.5. The predicted molar refractivity (Wildman–Crippen MR) is 167 cm³/mol. The van der Waals surface area contributed by atoms with Crippen molar-refractivity contribution in [1.82, 2.24) is 4.98 Å². The van der Waals surface area contributed by atoms with Crippen LogP contribution >= 0.6 is 0 Å². The highest BCUT2D eigenvalue weighted by atomic mass is 16.5. The van der Waals surface area contributed by atoms with E-state index in [2.05, 4.69) is 17.1 Å². The lowest BCUT2D eigenvalue weighted by Crippen LogP contribution is -2.32. The average molecular weight is 590 g/mol. The summed E-state index contributed by atoms with van der Waals surface area (Å²) in [5.41, 5.74) is 12.7. The van der Waals surface area contributed by atoms with Gasteiger partial charge in [-0.3, -0.25) is 14.6 Å². The lowest BCUT2D eigenvalue weighted by atomic mass is 9.97. The average Bonchev–Trinajstić information content (AvgIpc) is 3.44. The molecule has 44 heavy (non-hydrogen) atoms. The first kappa shape index (κ1) is 29.9.